The van der Waals surface area contributed by atoms with E-state index in [2.05, 4.69) is 5.32 Å². The van der Waals surface area contributed by atoms with Gasteiger partial charge in [0.2, 0.25) is 0 Å². The van der Waals surface area contributed by atoms with Crippen LogP contribution < -0.4 is 15.0 Å². The number of carbonyl (C=O) groups is 3. The van der Waals surface area contributed by atoms with Gasteiger partial charge in [-0.25, -0.2) is 9.69 Å². The molecule has 7 heteroatoms. The number of para-hydroxylation sites is 1. The number of benzene rings is 2. The van der Waals surface area contributed by atoms with Crippen LogP contribution in [0.5, 0.6) is 11.5 Å². The number of nitrogens with zero attached hydrogens (tertiary/aromatic N) is 1. The molecule has 0 bridgehead atoms. The van der Waals surface area contributed by atoms with Gasteiger partial charge in [-0.05, 0) is 36.4 Å². The summed E-state index contributed by atoms with van der Waals surface area (Å²) in [6.07, 6.45) is 1.37. The predicted octanol–water partition coefficient (Wildman–Crippen LogP) is 2.07. The normalized spacial score (nSPS) is 16.1. The Bertz CT molecular complexity index is 887. The molecular weight excluding hydrogens is 324 g/mol. The molecule has 0 spiro atoms. The standard InChI is InChI=1S/C18H14N2O5/c1-25-15-5-3-2-4-11(15)10-14-16(22)19-18(24)20(17(14)23)12-6-8-13(21)9-7-12/h2-10,21H,1H3,(H,19,22,24)/b14-10+. The van der Waals surface area contributed by atoms with Crippen LogP contribution in [0.3, 0.4) is 0 Å². The van der Waals surface area contributed by atoms with Gasteiger partial charge in [-0.15, -0.1) is 0 Å². The zero-order chi connectivity index (χ0) is 18.0. The maximum absolute atomic E-state index is 12.7. The average molecular weight is 338 g/mol. The van der Waals surface area contributed by atoms with E-state index in [1.54, 1.807) is 24.3 Å². The number of nitrogens with one attached hydrogen (secondary N) is 1. The fourth-order valence-corrected chi connectivity index (χ4v) is 2.43. The number of rotatable bonds is 3. The second kappa shape index (κ2) is 6.48. The van der Waals surface area contributed by atoms with Gasteiger partial charge < -0.3 is 9.84 Å². The SMILES string of the molecule is COc1ccccc1/C=C1\C(=O)NC(=O)N(c2ccc(O)cc2)C1=O. The summed E-state index contributed by atoms with van der Waals surface area (Å²) in [6, 6.07) is 11.5. The Morgan fingerprint density at radius 3 is 2.40 bits per heavy atom. The molecule has 2 aromatic carbocycles. The van der Waals surface area contributed by atoms with Gasteiger partial charge in [0.15, 0.2) is 0 Å². The van der Waals surface area contributed by atoms with E-state index in [1.807, 2.05) is 0 Å². The summed E-state index contributed by atoms with van der Waals surface area (Å²) >= 11 is 0. The quantitative estimate of drug-likeness (QED) is 0.660. The minimum absolute atomic E-state index is 0.00511. The smallest absolute Gasteiger partial charge is 0.335 e. The average Bonchev–Trinajstić information content (AvgIpc) is 2.60. The van der Waals surface area contributed by atoms with Crippen LogP contribution in [0.1, 0.15) is 5.56 Å². The van der Waals surface area contributed by atoms with Gasteiger partial charge in [0.05, 0.1) is 12.8 Å². The second-order valence-electron chi connectivity index (χ2n) is 5.22. The van der Waals surface area contributed by atoms with Gasteiger partial charge in [-0.3, -0.25) is 14.9 Å². The number of hydrogen-bond donors (Lipinski definition) is 2. The molecule has 7 nitrogen and oxygen atoms in total. The summed E-state index contributed by atoms with van der Waals surface area (Å²) in [5.74, 6) is -1.06. The monoisotopic (exact) mass is 338 g/mol. The van der Waals surface area contributed by atoms with Crippen molar-refractivity contribution >= 4 is 29.6 Å². The number of anilines is 1. The molecule has 4 amide bonds. The summed E-state index contributed by atoms with van der Waals surface area (Å²) in [5.41, 5.74) is 0.569. The van der Waals surface area contributed by atoms with Crippen LogP contribution in [-0.2, 0) is 9.59 Å². The van der Waals surface area contributed by atoms with Crippen molar-refractivity contribution in [1.82, 2.24) is 5.32 Å². The van der Waals surface area contributed by atoms with Crippen molar-refractivity contribution in [2.24, 2.45) is 0 Å². The van der Waals surface area contributed by atoms with Crippen LogP contribution >= 0.6 is 0 Å². The molecule has 25 heavy (non-hydrogen) atoms. The topological polar surface area (TPSA) is 95.9 Å². The van der Waals surface area contributed by atoms with Crippen LogP contribution in [0.15, 0.2) is 54.1 Å². The summed E-state index contributed by atoms with van der Waals surface area (Å²) in [5, 5.41) is 11.5. The third-order valence-electron chi connectivity index (χ3n) is 3.65. The minimum atomic E-state index is -0.849. The highest BCUT2D eigenvalue weighted by Gasteiger charge is 2.36. The zero-order valence-electron chi connectivity index (χ0n) is 13.2. The Morgan fingerprint density at radius 2 is 1.72 bits per heavy atom. The lowest BCUT2D eigenvalue weighted by atomic mass is 10.1. The number of phenolic OH excluding ortho intramolecular Hbond substituents is 1. The zero-order valence-corrected chi connectivity index (χ0v) is 13.2. The Labute approximate surface area is 143 Å². The highest BCUT2D eigenvalue weighted by Crippen LogP contribution is 2.26. The molecule has 1 fully saturated rings. The Hall–Kier alpha value is -3.61. The molecule has 126 valence electrons. The molecule has 3 rings (SSSR count). The van der Waals surface area contributed by atoms with E-state index >= 15 is 0 Å². The molecule has 1 heterocycles. The van der Waals surface area contributed by atoms with Crippen molar-refractivity contribution in [2.75, 3.05) is 12.0 Å². The number of barbiturate groups is 1. The summed E-state index contributed by atoms with van der Waals surface area (Å²) in [6.45, 7) is 0. The van der Waals surface area contributed by atoms with Crippen molar-refractivity contribution in [2.45, 2.75) is 0 Å². The van der Waals surface area contributed by atoms with Gasteiger partial charge in [0.1, 0.15) is 17.1 Å². The number of urea groups is 1. The lowest BCUT2D eigenvalue weighted by Crippen LogP contribution is -2.54. The number of phenols is 1. The van der Waals surface area contributed by atoms with Crippen LogP contribution in [0.2, 0.25) is 0 Å². The van der Waals surface area contributed by atoms with Crippen LogP contribution in [-0.4, -0.2) is 30.1 Å². The largest absolute Gasteiger partial charge is 0.508 e. The molecule has 0 unspecified atom stereocenters. The molecule has 2 aromatic rings. The molecule has 1 saturated heterocycles. The van der Waals surface area contributed by atoms with Gasteiger partial charge in [0, 0.05) is 5.56 Å². The van der Waals surface area contributed by atoms with E-state index in [1.165, 1.54) is 37.5 Å². The first-order valence-electron chi connectivity index (χ1n) is 7.35. The van der Waals surface area contributed by atoms with E-state index in [0.717, 1.165) is 4.90 Å². The van der Waals surface area contributed by atoms with Gasteiger partial charge in [-0.1, -0.05) is 18.2 Å². The Kier molecular flexibility index (Phi) is 4.21. The number of amides is 4. The van der Waals surface area contributed by atoms with Crippen LogP contribution in [0.25, 0.3) is 6.08 Å². The number of aromatic hydroxyl groups is 1. The Balaban J connectivity index is 2.03. The van der Waals surface area contributed by atoms with Crippen LogP contribution in [0, 0.1) is 0 Å². The number of hydrogen-bond acceptors (Lipinski definition) is 5. The van der Waals surface area contributed by atoms with Crippen molar-refractivity contribution in [3.63, 3.8) is 0 Å². The minimum Gasteiger partial charge on any atom is -0.508 e. The fourth-order valence-electron chi connectivity index (χ4n) is 2.43. The van der Waals surface area contributed by atoms with Gasteiger partial charge in [0.25, 0.3) is 11.8 Å². The first-order chi connectivity index (χ1) is 12.0. The van der Waals surface area contributed by atoms with E-state index in [4.69, 9.17) is 4.74 Å². The molecule has 1 aliphatic heterocycles. The van der Waals surface area contributed by atoms with Crippen molar-refractivity contribution in [1.29, 1.82) is 0 Å². The fraction of sp³-hybridized carbons (Fsp3) is 0.0556. The van der Waals surface area contributed by atoms with Crippen molar-refractivity contribution < 1.29 is 24.2 Å². The van der Waals surface area contributed by atoms with Crippen molar-refractivity contribution in [3.05, 3.63) is 59.7 Å². The van der Waals surface area contributed by atoms with E-state index < -0.39 is 17.8 Å². The van der Waals surface area contributed by atoms with E-state index in [-0.39, 0.29) is 17.0 Å². The number of methoxy groups -OCH3 is 1. The maximum atomic E-state index is 12.7. The third-order valence-corrected chi connectivity index (χ3v) is 3.65. The summed E-state index contributed by atoms with van der Waals surface area (Å²) in [4.78, 5) is 37.7. The molecule has 0 aliphatic carbocycles. The summed E-state index contributed by atoms with van der Waals surface area (Å²) in [7, 11) is 1.48. The molecule has 0 radical (unpaired) electrons. The lowest BCUT2D eigenvalue weighted by Gasteiger charge is -2.26. The first-order valence-corrected chi connectivity index (χ1v) is 7.35. The van der Waals surface area contributed by atoms with Gasteiger partial charge >= 0.3 is 6.03 Å². The number of imide groups is 2. The molecular formula is C18H14N2O5. The van der Waals surface area contributed by atoms with E-state index in [9.17, 15) is 19.5 Å². The molecule has 0 aromatic heterocycles. The second-order valence-corrected chi connectivity index (χ2v) is 5.22. The maximum Gasteiger partial charge on any atom is 0.335 e. The molecule has 1 aliphatic rings. The predicted molar refractivity (Wildman–Crippen MR) is 90.1 cm³/mol. The molecule has 0 saturated carbocycles. The Morgan fingerprint density at radius 1 is 1.04 bits per heavy atom. The molecule has 2 N–H and O–H groups in total. The molecule has 0 atom stereocenters. The van der Waals surface area contributed by atoms with Crippen molar-refractivity contribution in [3.8, 4) is 11.5 Å². The van der Waals surface area contributed by atoms with Gasteiger partial charge in [-0.2, -0.15) is 0 Å². The lowest BCUT2D eigenvalue weighted by molar-refractivity contribution is -0.122. The first kappa shape index (κ1) is 16.3. The van der Waals surface area contributed by atoms with Crippen LogP contribution in [0.4, 0.5) is 10.5 Å². The highest BCUT2D eigenvalue weighted by molar-refractivity contribution is 6.39. The highest BCUT2D eigenvalue weighted by atomic mass is 16.5. The van der Waals surface area contributed by atoms with E-state index in [0.29, 0.717) is 11.3 Å². The number of carbonyl (C=O) groups excluding carboxylic acids is 3. The summed E-state index contributed by atoms with van der Waals surface area (Å²) < 4.78 is 5.21. The number of ether oxygens (including phenoxy) is 1. The third kappa shape index (κ3) is 3.07.